The van der Waals surface area contributed by atoms with Crippen LogP contribution < -0.4 is 10.3 Å². The van der Waals surface area contributed by atoms with Gasteiger partial charge in [-0.1, -0.05) is 23.7 Å². The van der Waals surface area contributed by atoms with Gasteiger partial charge in [-0.15, -0.1) is 0 Å². The van der Waals surface area contributed by atoms with Crippen molar-refractivity contribution in [3.8, 4) is 16.9 Å². The van der Waals surface area contributed by atoms with Gasteiger partial charge >= 0.3 is 6.18 Å². The Kier molecular flexibility index (Phi) is 5.91. The van der Waals surface area contributed by atoms with Crippen LogP contribution in [0.15, 0.2) is 45.6 Å². The zero-order chi connectivity index (χ0) is 21.3. The third-order valence-corrected chi connectivity index (χ3v) is 5.21. The van der Waals surface area contributed by atoms with E-state index >= 15 is 0 Å². The Morgan fingerprint density at radius 3 is 2.24 bits per heavy atom. The van der Waals surface area contributed by atoms with Crippen molar-refractivity contribution in [3.63, 3.8) is 0 Å². The number of fused-ring (bicyclic) bond motifs is 1. The first-order valence-electron chi connectivity index (χ1n) is 9.15. The highest BCUT2D eigenvalue weighted by atomic mass is 35.5. The normalized spacial score (nSPS) is 12.1. The summed E-state index contributed by atoms with van der Waals surface area (Å²) in [4.78, 5) is 14.1. The second kappa shape index (κ2) is 8.08. The minimum atomic E-state index is -4.90. The van der Waals surface area contributed by atoms with E-state index in [1.807, 2.05) is 13.8 Å². The summed E-state index contributed by atoms with van der Waals surface area (Å²) in [6.45, 7) is 5.49. The van der Waals surface area contributed by atoms with Crippen molar-refractivity contribution in [2.45, 2.75) is 26.6 Å². The fourth-order valence-electron chi connectivity index (χ4n) is 3.30. The predicted molar refractivity (Wildman–Crippen MR) is 105 cm³/mol. The van der Waals surface area contributed by atoms with Crippen LogP contribution in [0.3, 0.4) is 0 Å². The second-order valence-corrected chi connectivity index (χ2v) is 7.15. The lowest BCUT2D eigenvalue weighted by Crippen LogP contribution is -3.10. The first-order valence-corrected chi connectivity index (χ1v) is 9.53. The molecule has 0 saturated carbocycles. The highest BCUT2D eigenvalue weighted by Gasteiger charge is 2.40. The quantitative estimate of drug-likeness (QED) is 0.641. The number of phenolic OH excluding ortho intramolecular Hbond substituents is 1. The maximum Gasteiger partial charge on any atom is 0.450 e. The molecule has 0 amide bonds. The minimum Gasteiger partial charge on any atom is -0.507 e. The first kappa shape index (κ1) is 21.2. The molecule has 3 aromatic rings. The number of phenols is 1. The lowest BCUT2D eigenvalue weighted by molar-refractivity contribution is -0.910. The summed E-state index contributed by atoms with van der Waals surface area (Å²) in [5.41, 5.74) is -1.38. The van der Waals surface area contributed by atoms with E-state index in [-0.39, 0.29) is 34.4 Å². The Labute approximate surface area is 170 Å². The largest absolute Gasteiger partial charge is 0.507 e. The molecule has 1 heterocycles. The van der Waals surface area contributed by atoms with Crippen LogP contribution in [0.5, 0.6) is 5.75 Å². The molecule has 3 rings (SSSR count). The van der Waals surface area contributed by atoms with Gasteiger partial charge in [-0.25, -0.2) is 0 Å². The maximum absolute atomic E-state index is 13.8. The van der Waals surface area contributed by atoms with Gasteiger partial charge in [-0.05, 0) is 43.7 Å². The molecule has 0 spiro atoms. The molecule has 0 fully saturated rings. The van der Waals surface area contributed by atoms with E-state index in [9.17, 15) is 23.1 Å². The number of rotatable bonds is 5. The third-order valence-electron chi connectivity index (χ3n) is 4.96. The summed E-state index contributed by atoms with van der Waals surface area (Å²) in [5.74, 6) is -1.59. The van der Waals surface area contributed by atoms with Crippen molar-refractivity contribution in [2.24, 2.45) is 0 Å². The van der Waals surface area contributed by atoms with Crippen molar-refractivity contribution in [1.29, 1.82) is 0 Å². The van der Waals surface area contributed by atoms with Crippen molar-refractivity contribution >= 4 is 22.6 Å². The molecule has 4 nitrogen and oxygen atoms in total. The van der Waals surface area contributed by atoms with Gasteiger partial charge in [0, 0.05) is 5.02 Å². The van der Waals surface area contributed by atoms with Gasteiger partial charge in [-0.3, -0.25) is 4.79 Å². The number of benzene rings is 2. The van der Waals surface area contributed by atoms with Crippen LogP contribution in [-0.4, -0.2) is 18.2 Å². The fraction of sp³-hybridized carbons (Fsp3) is 0.286. The molecule has 29 heavy (non-hydrogen) atoms. The molecule has 0 bridgehead atoms. The predicted octanol–water partition coefficient (Wildman–Crippen LogP) is 4.26. The Hall–Kier alpha value is -2.51. The molecule has 1 aromatic heterocycles. The van der Waals surface area contributed by atoms with Gasteiger partial charge in [0.2, 0.25) is 11.2 Å². The van der Waals surface area contributed by atoms with E-state index in [0.717, 1.165) is 4.90 Å². The molecule has 154 valence electrons. The summed E-state index contributed by atoms with van der Waals surface area (Å²) in [6.07, 6.45) is -4.90. The summed E-state index contributed by atoms with van der Waals surface area (Å²) >= 11 is 5.82. The van der Waals surface area contributed by atoms with Crippen LogP contribution in [0, 0.1) is 0 Å². The van der Waals surface area contributed by atoms with Gasteiger partial charge in [0.25, 0.3) is 0 Å². The molecule has 8 heteroatoms. The number of hydrogen-bond donors (Lipinski definition) is 2. The summed E-state index contributed by atoms with van der Waals surface area (Å²) < 4.78 is 46.8. The molecular weight excluding hydrogens is 407 g/mol. The highest BCUT2D eigenvalue weighted by molar-refractivity contribution is 6.30. The number of aromatic hydroxyl groups is 1. The molecule has 0 aliphatic heterocycles. The second-order valence-electron chi connectivity index (χ2n) is 6.71. The van der Waals surface area contributed by atoms with Gasteiger partial charge < -0.3 is 14.4 Å². The monoisotopic (exact) mass is 426 g/mol. The van der Waals surface area contributed by atoms with Gasteiger partial charge in [-0.2, -0.15) is 13.2 Å². The number of nitrogens with one attached hydrogen (secondary N) is 1. The summed E-state index contributed by atoms with van der Waals surface area (Å²) in [5, 5.41) is 10.6. The number of quaternary nitrogens is 1. The van der Waals surface area contributed by atoms with E-state index in [1.165, 1.54) is 36.4 Å². The Bertz CT molecular complexity index is 1090. The van der Waals surface area contributed by atoms with E-state index in [2.05, 4.69) is 0 Å². The number of hydrogen-bond acceptors (Lipinski definition) is 3. The van der Waals surface area contributed by atoms with Gasteiger partial charge in [0.15, 0.2) is 5.58 Å². The lowest BCUT2D eigenvalue weighted by atomic mass is 10.00. The highest BCUT2D eigenvalue weighted by Crippen LogP contribution is 2.39. The summed E-state index contributed by atoms with van der Waals surface area (Å²) in [6, 6.07) is 8.11. The van der Waals surface area contributed by atoms with Crippen LogP contribution in [0.4, 0.5) is 13.2 Å². The van der Waals surface area contributed by atoms with Gasteiger partial charge in [0.05, 0.1) is 29.6 Å². The van der Waals surface area contributed by atoms with Crippen molar-refractivity contribution in [2.75, 3.05) is 13.1 Å². The Morgan fingerprint density at radius 2 is 1.69 bits per heavy atom. The van der Waals surface area contributed by atoms with Gasteiger partial charge in [0.1, 0.15) is 12.3 Å². The van der Waals surface area contributed by atoms with Crippen LogP contribution in [0.1, 0.15) is 25.2 Å². The molecule has 0 radical (unpaired) electrons. The molecule has 0 unspecified atom stereocenters. The summed E-state index contributed by atoms with van der Waals surface area (Å²) in [7, 11) is 0. The minimum absolute atomic E-state index is 0.0118. The zero-order valence-corrected chi connectivity index (χ0v) is 16.6. The zero-order valence-electron chi connectivity index (χ0n) is 15.9. The fourth-order valence-corrected chi connectivity index (χ4v) is 3.43. The molecule has 0 aliphatic rings. The maximum atomic E-state index is 13.8. The van der Waals surface area contributed by atoms with E-state index in [0.29, 0.717) is 18.1 Å². The van der Waals surface area contributed by atoms with E-state index in [1.54, 1.807) is 0 Å². The third kappa shape index (κ3) is 4.11. The lowest BCUT2D eigenvalue weighted by Gasteiger charge is -2.18. The molecule has 0 atom stereocenters. The van der Waals surface area contributed by atoms with Crippen LogP contribution >= 0.6 is 11.6 Å². The molecular formula is C21H20ClF3NO3+. The molecule has 0 aliphatic carbocycles. The average Bonchev–Trinajstić information content (AvgIpc) is 2.67. The van der Waals surface area contributed by atoms with Crippen molar-refractivity contribution in [1.82, 2.24) is 0 Å². The van der Waals surface area contributed by atoms with E-state index < -0.39 is 22.9 Å². The molecule has 2 aromatic carbocycles. The standard InChI is InChI=1S/C21H19ClF3NO3/c1-3-26(4-2)11-15-16(27)10-9-14-18(28)17(12-5-7-13(22)8-6-12)20(21(23,24)25)29-19(14)15/h5-10,27H,3-4,11H2,1-2H3/p+1. The molecule has 0 saturated heterocycles. The van der Waals surface area contributed by atoms with Crippen molar-refractivity contribution < 1.29 is 27.6 Å². The molecule has 2 N–H and O–H groups in total. The Morgan fingerprint density at radius 1 is 1.07 bits per heavy atom. The smallest absolute Gasteiger partial charge is 0.450 e. The van der Waals surface area contributed by atoms with Crippen molar-refractivity contribution in [3.05, 3.63) is 63.0 Å². The van der Waals surface area contributed by atoms with Crippen LogP contribution in [-0.2, 0) is 12.7 Å². The average molecular weight is 427 g/mol. The SMILES string of the molecule is CC[NH+](CC)Cc1c(O)ccc2c(=O)c(-c3ccc(Cl)cc3)c(C(F)(F)F)oc12. The first-order chi connectivity index (χ1) is 13.7. The van der Waals surface area contributed by atoms with Crippen LogP contribution in [0.25, 0.3) is 22.1 Å². The number of alkyl halides is 3. The topological polar surface area (TPSA) is 54.9 Å². The van der Waals surface area contributed by atoms with Crippen LogP contribution in [0.2, 0.25) is 5.02 Å². The number of halogens is 4. The van der Waals surface area contributed by atoms with E-state index in [4.69, 9.17) is 16.0 Å². The Balaban J connectivity index is 2.37.